The van der Waals surface area contributed by atoms with E-state index in [-0.39, 0.29) is 17.0 Å². The van der Waals surface area contributed by atoms with Crippen LogP contribution in [0.2, 0.25) is 0 Å². The summed E-state index contributed by atoms with van der Waals surface area (Å²) in [6.07, 6.45) is 4.93. The minimum atomic E-state index is -1.06. The van der Waals surface area contributed by atoms with E-state index in [2.05, 4.69) is 4.98 Å². The lowest BCUT2D eigenvalue weighted by Gasteiger charge is -2.18. The molecule has 0 fully saturated rings. The van der Waals surface area contributed by atoms with Crippen molar-refractivity contribution < 1.29 is 19.4 Å². The minimum Gasteiger partial charge on any atom is -0.482 e. The third kappa shape index (κ3) is 4.36. The number of carboxylic acids is 1. The number of nitrogens with zero attached hydrogens (tertiary/aromatic N) is 1. The molecule has 1 aliphatic carbocycles. The van der Waals surface area contributed by atoms with Crippen molar-refractivity contribution in [2.75, 3.05) is 18.6 Å². The average Bonchev–Trinajstić information content (AvgIpc) is 2.89. The van der Waals surface area contributed by atoms with E-state index in [4.69, 9.17) is 9.84 Å². The SMILES string of the molecule is CN(C(=O)c1cc2c([nH]c1=O)CCCCC2)c1ccc(OCC(=O)O)cc1. The molecule has 0 bridgehead atoms. The van der Waals surface area contributed by atoms with Gasteiger partial charge in [0.25, 0.3) is 11.5 Å². The first-order valence-electron chi connectivity index (χ1n) is 8.93. The molecule has 1 aliphatic rings. The fourth-order valence-electron chi connectivity index (χ4n) is 3.22. The maximum absolute atomic E-state index is 12.8. The molecular formula is C20H22N2O5. The molecule has 1 aromatic heterocycles. The number of fused-ring (bicyclic) bond motifs is 1. The summed E-state index contributed by atoms with van der Waals surface area (Å²) in [5.74, 6) is -1.05. The molecule has 0 unspecified atom stereocenters. The van der Waals surface area contributed by atoms with Gasteiger partial charge in [0.2, 0.25) is 0 Å². The van der Waals surface area contributed by atoms with Crippen LogP contribution in [0.5, 0.6) is 5.75 Å². The van der Waals surface area contributed by atoms with Crippen molar-refractivity contribution in [3.63, 3.8) is 0 Å². The van der Waals surface area contributed by atoms with Crippen LogP contribution < -0.4 is 15.2 Å². The Morgan fingerprint density at radius 2 is 1.85 bits per heavy atom. The summed E-state index contributed by atoms with van der Waals surface area (Å²) in [6.45, 7) is -0.432. The Labute approximate surface area is 156 Å². The first-order chi connectivity index (χ1) is 13.0. The predicted molar refractivity (Wildman–Crippen MR) is 101 cm³/mol. The number of carboxylic acid groups (broad SMARTS) is 1. The molecule has 0 radical (unpaired) electrons. The van der Waals surface area contributed by atoms with E-state index in [1.165, 1.54) is 4.90 Å². The highest BCUT2D eigenvalue weighted by molar-refractivity contribution is 6.05. The number of benzene rings is 1. The molecule has 27 heavy (non-hydrogen) atoms. The van der Waals surface area contributed by atoms with E-state index in [1.807, 2.05) is 0 Å². The number of aromatic nitrogens is 1. The van der Waals surface area contributed by atoms with Crippen LogP contribution in [-0.2, 0) is 17.6 Å². The molecule has 0 atom stereocenters. The number of hydrogen-bond donors (Lipinski definition) is 2. The van der Waals surface area contributed by atoms with Crippen LogP contribution in [0.25, 0.3) is 0 Å². The van der Waals surface area contributed by atoms with Crippen LogP contribution in [0.1, 0.15) is 40.9 Å². The van der Waals surface area contributed by atoms with Crippen molar-refractivity contribution in [1.29, 1.82) is 0 Å². The van der Waals surface area contributed by atoms with E-state index in [0.717, 1.165) is 43.4 Å². The van der Waals surface area contributed by atoms with E-state index >= 15 is 0 Å². The molecule has 1 amide bonds. The van der Waals surface area contributed by atoms with Crippen LogP contribution in [0, 0.1) is 0 Å². The maximum atomic E-state index is 12.8. The van der Waals surface area contributed by atoms with Gasteiger partial charge in [0.15, 0.2) is 6.61 Å². The maximum Gasteiger partial charge on any atom is 0.341 e. The Bertz CT molecular complexity index is 902. The summed E-state index contributed by atoms with van der Waals surface area (Å²) in [4.78, 5) is 40.1. The van der Waals surface area contributed by atoms with Crippen molar-refractivity contribution in [1.82, 2.24) is 4.98 Å². The van der Waals surface area contributed by atoms with E-state index in [9.17, 15) is 14.4 Å². The average molecular weight is 370 g/mol. The Kier molecular flexibility index (Phi) is 5.59. The zero-order chi connectivity index (χ0) is 19.4. The fraction of sp³-hybridized carbons (Fsp3) is 0.350. The van der Waals surface area contributed by atoms with Crippen molar-refractivity contribution in [3.05, 3.63) is 57.5 Å². The number of nitrogens with one attached hydrogen (secondary N) is 1. The van der Waals surface area contributed by atoms with Gasteiger partial charge >= 0.3 is 5.97 Å². The second-order valence-electron chi connectivity index (χ2n) is 6.62. The molecule has 2 aromatic rings. The number of H-pyrrole nitrogens is 1. The van der Waals surface area contributed by atoms with Gasteiger partial charge in [-0.15, -0.1) is 0 Å². The Hall–Kier alpha value is -3.09. The lowest BCUT2D eigenvalue weighted by atomic mass is 10.1. The molecule has 0 saturated carbocycles. The highest BCUT2D eigenvalue weighted by Gasteiger charge is 2.20. The monoisotopic (exact) mass is 370 g/mol. The molecule has 2 N–H and O–H groups in total. The van der Waals surface area contributed by atoms with Gasteiger partial charge < -0.3 is 19.7 Å². The number of anilines is 1. The minimum absolute atomic E-state index is 0.129. The Morgan fingerprint density at radius 1 is 1.15 bits per heavy atom. The molecule has 1 heterocycles. The third-order valence-corrected chi connectivity index (χ3v) is 4.71. The second-order valence-corrected chi connectivity index (χ2v) is 6.62. The van der Waals surface area contributed by atoms with Gasteiger partial charge in [0.1, 0.15) is 11.3 Å². The van der Waals surface area contributed by atoms with Crippen molar-refractivity contribution in [2.24, 2.45) is 0 Å². The van der Waals surface area contributed by atoms with Gasteiger partial charge in [-0.1, -0.05) is 6.42 Å². The summed E-state index contributed by atoms with van der Waals surface area (Å²) >= 11 is 0. The number of aromatic amines is 1. The smallest absolute Gasteiger partial charge is 0.341 e. The molecule has 0 saturated heterocycles. The van der Waals surface area contributed by atoms with Crippen LogP contribution in [0.15, 0.2) is 35.1 Å². The van der Waals surface area contributed by atoms with Crippen LogP contribution in [0.3, 0.4) is 0 Å². The Balaban J connectivity index is 1.80. The number of rotatable bonds is 5. The molecule has 3 rings (SSSR count). The molecule has 0 spiro atoms. The fourth-order valence-corrected chi connectivity index (χ4v) is 3.22. The van der Waals surface area contributed by atoms with Crippen molar-refractivity contribution >= 4 is 17.6 Å². The number of hydrogen-bond acceptors (Lipinski definition) is 4. The number of amides is 1. The van der Waals surface area contributed by atoms with Crippen LogP contribution in [0.4, 0.5) is 5.69 Å². The standard InChI is InChI=1S/C20H22N2O5/c1-22(14-7-9-15(10-8-14)27-12-18(23)24)20(26)16-11-13-5-3-2-4-6-17(13)21-19(16)25/h7-11H,2-6,12H2,1H3,(H,21,25)(H,23,24). The highest BCUT2D eigenvalue weighted by atomic mass is 16.5. The molecule has 7 nitrogen and oxygen atoms in total. The van der Waals surface area contributed by atoms with Crippen LogP contribution >= 0.6 is 0 Å². The first-order valence-corrected chi connectivity index (χ1v) is 8.93. The van der Waals surface area contributed by atoms with E-state index in [1.54, 1.807) is 37.4 Å². The number of aliphatic carboxylic acids is 1. The summed E-state index contributed by atoms with van der Waals surface area (Å²) in [6, 6.07) is 8.19. The quantitative estimate of drug-likeness (QED) is 0.787. The number of pyridine rings is 1. The number of aryl methyl sites for hydroxylation is 2. The van der Waals surface area contributed by atoms with Crippen molar-refractivity contribution in [3.8, 4) is 5.75 Å². The second kappa shape index (κ2) is 8.07. The first kappa shape index (κ1) is 18.7. The molecule has 1 aromatic carbocycles. The topological polar surface area (TPSA) is 99.7 Å². The van der Waals surface area contributed by atoms with E-state index in [0.29, 0.717) is 11.4 Å². The summed E-state index contributed by atoms with van der Waals surface area (Å²) in [7, 11) is 1.60. The van der Waals surface area contributed by atoms with Gasteiger partial charge in [0, 0.05) is 18.4 Å². The van der Waals surface area contributed by atoms with Gasteiger partial charge in [-0.05, 0) is 61.6 Å². The largest absolute Gasteiger partial charge is 0.482 e. The van der Waals surface area contributed by atoms with Gasteiger partial charge in [0.05, 0.1) is 0 Å². The highest BCUT2D eigenvalue weighted by Crippen LogP contribution is 2.22. The molecule has 142 valence electrons. The summed E-state index contributed by atoms with van der Waals surface area (Å²) in [5.41, 5.74) is 2.33. The normalized spacial score (nSPS) is 13.4. The van der Waals surface area contributed by atoms with Gasteiger partial charge in [-0.25, -0.2) is 4.79 Å². The van der Waals surface area contributed by atoms with E-state index < -0.39 is 12.6 Å². The summed E-state index contributed by atoms with van der Waals surface area (Å²) in [5, 5.41) is 8.63. The molecule has 0 aliphatic heterocycles. The summed E-state index contributed by atoms with van der Waals surface area (Å²) < 4.78 is 5.08. The molecular weight excluding hydrogens is 348 g/mol. The number of carbonyl (C=O) groups excluding carboxylic acids is 1. The lowest BCUT2D eigenvalue weighted by Crippen LogP contribution is -2.32. The zero-order valence-corrected chi connectivity index (χ0v) is 15.2. The van der Waals surface area contributed by atoms with Gasteiger partial charge in [-0.3, -0.25) is 9.59 Å². The number of ether oxygens (including phenoxy) is 1. The lowest BCUT2D eigenvalue weighted by molar-refractivity contribution is -0.139. The third-order valence-electron chi connectivity index (χ3n) is 4.71. The number of carbonyl (C=O) groups is 2. The Morgan fingerprint density at radius 3 is 2.56 bits per heavy atom. The van der Waals surface area contributed by atoms with Crippen LogP contribution in [-0.4, -0.2) is 35.6 Å². The predicted octanol–water partition coefficient (Wildman–Crippen LogP) is 2.38. The zero-order valence-electron chi connectivity index (χ0n) is 15.2. The molecule has 7 heteroatoms. The van der Waals surface area contributed by atoms with Crippen molar-refractivity contribution in [2.45, 2.75) is 32.1 Å². The van der Waals surface area contributed by atoms with Gasteiger partial charge in [-0.2, -0.15) is 0 Å².